The van der Waals surface area contributed by atoms with Gasteiger partial charge in [-0.1, -0.05) is 0 Å². The minimum Gasteiger partial charge on any atom is -0.394 e. The maximum absolute atomic E-state index is 11.5. The van der Waals surface area contributed by atoms with Gasteiger partial charge in [0.1, 0.15) is 17.8 Å². The molecule has 94 valence electrons. The lowest BCUT2D eigenvalue weighted by Gasteiger charge is -2.27. The SMILES string of the molecule is C[C@]1(O)C(O)[C@@H](CO)O[C@H]1n1cccnc1=O. The summed E-state index contributed by atoms with van der Waals surface area (Å²) in [6.45, 7) is 0.903. The van der Waals surface area contributed by atoms with E-state index in [1.165, 1.54) is 25.4 Å². The van der Waals surface area contributed by atoms with Crippen LogP contribution in [0.3, 0.4) is 0 Å². The van der Waals surface area contributed by atoms with Crippen LogP contribution in [0, 0.1) is 0 Å². The first-order chi connectivity index (χ1) is 7.98. The van der Waals surface area contributed by atoms with Crippen molar-refractivity contribution in [2.75, 3.05) is 6.61 Å². The van der Waals surface area contributed by atoms with Crippen molar-refractivity contribution in [3.63, 3.8) is 0 Å². The van der Waals surface area contributed by atoms with Crippen LogP contribution in [0.5, 0.6) is 0 Å². The van der Waals surface area contributed by atoms with E-state index in [2.05, 4.69) is 4.98 Å². The summed E-state index contributed by atoms with van der Waals surface area (Å²) in [4.78, 5) is 15.0. The minimum atomic E-state index is -1.67. The third kappa shape index (κ3) is 1.87. The highest BCUT2D eigenvalue weighted by atomic mass is 16.6. The van der Waals surface area contributed by atoms with E-state index in [1.807, 2.05) is 0 Å². The predicted octanol–water partition coefficient (Wildman–Crippen LogP) is -1.76. The molecule has 0 radical (unpaired) electrons. The van der Waals surface area contributed by atoms with Gasteiger partial charge in [-0.3, -0.25) is 4.57 Å². The van der Waals surface area contributed by atoms with Crippen LogP contribution in [0.25, 0.3) is 0 Å². The Kier molecular flexibility index (Phi) is 3.00. The molecule has 0 bridgehead atoms. The molecule has 1 aliphatic rings. The molecule has 4 atom stereocenters. The van der Waals surface area contributed by atoms with Gasteiger partial charge in [-0.2, -0.15) is 0 Å². The molecule has 1 aromatic rings. The molecule has 0 aromatic carbocycles. The summed E-state index contributed by atoms with van der Waals surface area (Å²) in [6, 6.07) is 1.51. The normalized spacial score (nSPS) is 37.3. The third-order valence-corrected chi connectivity index (χ3v) is 2.93. The average molecular weight is 242 g/mol. The van der Waals surface area contributed by atoms with Gasteiger partial charge in [0, 0.05) is 12.4 Å². The van der Waals surface area contributed by atoms with Crippen LogP contribution in [0.2, 0.25) is 0 Å². The lowest BCUT2D eigenvalue weighted by molar-refractivity contribution is -0.0987. The second-order valence-corrected chi connectivity index (χ2v) is 4.19. The Labute approximate surface area is 96.9 Å². The minimum absolute atomic E-state index is 0.442. The first-order valence-electron chi connectivity index (χ1n) is 5.18. The van der Waals surface area contributed by atoms with E-state index in [1.54, 1.807) is 0 Å². The van der Waals surface area contributed by atoms with E-state index in [4.69, 9.17) is 9.84 Å². The first kappa shape index (κ1) is 12.2. The molecule has 3 N–H and O–H groups in total. The Hall–Kier alpha value is -1.28. The Morgan fingerprint density at radius 2 is 2.35 bits per heavy atom. The van der Waals surface area contributed by atoms with Crippen molar-refractivity contribution in [1.29, 1.82) is 0 Å². The summed E-state index contributed by atoms with van der Waals surface area (Å²) < 4.78 is 6.36. The number of rotatable bonds is 2. The number of ether oxygens (including phenoxy) is 1. The fourth-order valence-electron chi connectivity index (χ4n) is 1.94. The smallest absolute Gasteiger partial charge is 0.349 e. The Morgan fingerprint density at radius 1 is 1.65 bits per heavy atom. The van der Waals surface area contributed by atoms with Crippen LogP contribution in [-0.4, -0.2) is 49.3 Å². The lowest BCUT2D eigenvalue weighted by Crippen LogP contribution is -2.46. The summed E-state index contributed by atoms with van der Waals surface area (Å²) in [5, 5.41) is 28.9. The van der Waals surface area contributed by atoms with Gasteiger partial charge in [0.15, 0.2) is 6.23 Å². The average Bonchev–Trinajstić information content (AvgIpc) is 2.52. The number of hydrogen-bond donors (Lipinski definition) is 3. The highest BCUT2D eigenvalue weighted by Crippen LogP contribution is 2.36. The Morgan fingerprint density at radius 3 is 2.88 bits per heavy atom. The molecule has 0 aliphatic carbocycles. The fraction of sp³-hybridized carbons (Fsp3) is 0.600. The van der Waals surface area contributed by atoms with E-state index >= 15 is 0 Å². The maximum atomic E-state index is 11.5. The van der Waals surface area contributed by atoms with Gasteiger partial charge < -0.3 is 20.1 Å². The van der Waals surface area contributed by atoms with Crippen LogP contribution in [-0.2, 0) is 4.74 Å². The fourth-order valence-corrected chi connectivity index (χ4v) is 1.94. The van der Waals surface area contributed by atoms with Gasteiger partial charge in [-0.15, -0.1) is 0 Å². The van der Waals surface area contributed by atoms with Crippen LogP contribution in [0.1, 0.15) is 13.2 Å². The quantitative estimate of drug-likeness (QED) is 0.567. The van der Waals surface area contributed by atoms with Gasteiger partial charge in [-0.05, 0) is 13.0 Å². The van der Waals surface area contributed by atoms with Crippen molar-refractivity contribution in [3.05, 3.63) is 28.9 Å². The van der Waals surface area contributed by atoms with Crippen LogP contribution in [0.15, 0.2) is 23.3 Å². The summed E-state index contributed by atoms with van der Waals surface area (Å²) in [5.41, 5.74) is -2.26. The standard InChI is InChI=1S/C10H14N2O5/c1-10(16)7(14)6(5-13)17-8(10)12-4-2-3-11-9(12)15/h2-4,6-8,13-14,16H,5H2,1H3/t6-,7?,8-,10+/m1/s1. The first-order valence-corrected chi connectivity index (χ1v) is 5.18. The molecular formula is C10H14N2O5. The largest absolute Gasteiger partial charge is 0.394 e. The number of aromatic nitrogens is 2. The van der Waals surface area contributed by atoms with Crippen LogP contribution in [0.4, 0.5) is 0 Å². The van der Waals surface area contributed by atoms with Crippen LogP contribution >= 0.6 is 0 Å². The molecule has 0 amide bonds. The summed E-state index contributed by atoms with van der Waals surface area (Å²) >= 11 is 0. The summed E-state index contributed by atoms with van der Waals surface area (Å²) in [6.07, 6.45) is -0.550. The van der Waals surface area contributed by atoms with E-state index in [9.17, 15) is 15.0 Å². The van der Waals surface area contributed by atoms with E-state index < -0.39 is 36.3 Å². The second-order valence-electron chi connectivity index (χ2n) is 4.19. The monoisotopic (exact) mass is 242 g/mol. The van der Waals surface area contributed by atoms with E-state index in [0.717, 1.165) is 4.57 Å². The molecule has 0 spiro atoms. The zero-order valence-electron chi connectivity index (χ0n) is 9.22. The van der Waals surface area contributed by atoms with Crippen molar-refractivity contribution in [2.45, 2.75) is 31.0 Å². The zero-order chi connectivity index (χ0) is 12.6. The topological polar surface area (TPSA) is 105 Å². The number of aliphatic hydroxyl groups excluding tert-OH is 2. The highest BCUT2D eigenvalue weighted by molar-refractivity contribution is 5.00. The maximum Gasteiger partial charge on any atom is 0.349 e. The van der Waals surface area contributed by atoms with Crippen molar-refractivity contribution >= 4 is 0 Å². The molecule has 1 aromatic heterocycles. The summed E-state index contributed by atoms with van der Waals surface area (Å²) in [7, 11) is 0. The van der Waals surface area contributed by atoms with Gasteiger partial charge in [0.05, 0.1) is 6.61 Å². The summed E-state index contributed by atoms with van der Waals surface area (Å²) in [5.74, 6) is 0. The van der Waals surface area contributed by atoms with Gasteiger partial charge >= 0.3 is 5.69 Å². The Balaban J connectivity index is 2.41. The van der Waals surface area contributed by atoms with Gasteiger partial charge in [0.25, 0.3) is 0 Å². The lowest BCUT2D eigenvalue weighted by atomic mass is 9.96. The number of aliphatic hydroxyl groups is 3. The van der Waals surface area contributed by atoms with E-state index in [0.29, 0.717) is 0 Å². The molecule has 1 aliphatic heterocycles. The van der Waals surface area contributed by atoms with Crippen molar-refractivity contribution in [1.82, 2.24) is 9.55 Å². The molecule has 2 rings (SSSR count). The van der Waals surface area contributed by atoms with Gasteiger partial charge in [-0.25, -0.2) is 9.78 Å². The third-order valence-electron chi connectivity index (χ3n) is 2.93. The molecule has 7 heteroatoms. The molecule has 0 saturated carbocycles. The van der Waals surface area contributed by atoms with E-state index in [-0.39, 0.29) is 0 Å². The second kappa shape index (κ2) is 4.19. The molecule has 1 saturated heterocycles. The number of hydrogen-bond acceptors (Lipinski definition) is 6. The molecule has 1 unspecified atom stereocenters. The van der Waals surface area contributed by atoms with Gasteiger partial charge in [0.2, 0.25) is 0 Å². The van der Waals surface area contributed by atoms with Crippen molar-refractivity contribution in [3.8, 4) is 0 Å². The highest BCUT2D eigenvalue weighted by Gasteiger charge is 2.53. The molecule has 2 heterocycles. The zero-order valence-corrected chi connectivity index (χ0v) is 9.22. The molecule has 17 heavy (non-hydrogen) atoms. The van der Waals surface area contributed by atoms with Crippen molar-refractivity contribution in [2.24, 2.45) is 0 Å². The number of nitrogens with zero attached hydrogens (tertiary/aromatic N) is 2. The Bertz CT molecular complexity index is 458. The molecular weight excluding hydrogens is 228 g/mol. The molecule has 1 fully saturated rings. The van der Waals surface area contributed by atoms with Crippen molar-refractivity contribution < 1.29 is 20.1 Å². The molecule has 7 nitrogen and oxygen atoms in total. The van der Waals surface area contributed by atoms with Crippen LogP contribution < -0.4 is 5.69 Å². The predicted molar refractivity (Wildman–Crippen MR) is 56.1 cm³/mol.